The van der Waals surface area contributed by atoms with Crippen molar-refractivity contribution in [3.8, 4) is 0 Å². The Labute approximate surface area is 195 Å². The van der Waals surface area contributed by atoms with E-state index >= 15 is 4.39 Å². The van der Waals surface area contributed by atoms with E-state index < -0.39 is 17.4 Å². The highest BCUT2D eigenvalue weighted by atomic mass is 19.4. The largest absolute Gasteiger partial charge is 0.416 e. The summed E-state index contributed by atoms with van der Waals surface area (Å²) < 4.78 is 57.2. The summed E-state index contributed by atoms with van der Waals surface area (Å²) in [6, 6.07) is 4.10. The van der Waals surface area contributed by atoms with E-state index in [1.54, 1.807) is 6.07 Å². The molecule has 3 atom stereocenters. The fraction of sp³-hybridized carbons (Fsp3) is 0.643. The SMILES string of the molecule is CC(C)CNCCC1C2=CCCC=C2CCC1c1cc(C(F)(F)F)cc(C(C)(F)C2CC2)c1. The van der Waals surface area contributed by atoms with Crippen LogP contribution in [-0.2, 0) is 11.8 Å². The third kappa shape index (κ3) is 5.55. The summed E-state index contributed by atoms with van der Waals surface area (Å²) in [6.07, 6.45) is 6.20. The molecule has 1 nitrogen and oxygen atoms in total. The number of rotatable bonds is 8. The lowest BCUT2D eigenvalue weighted by atomic mass is 9.67. The lowest BCUT2D eigenvalue weighted by molar-refractivity contribution is -0.137. The number of hydrogen-bond donors (Lipinski definition) is 1. The maximum atomic E-state index is 15.6. The van der Waals surface area contributed by atoms with Crippen LogP contribution in [0.5, 0.6) is 0 Å². The first-order valence-corrected chi connectivity index (χ1v) is 12.6. The Balaban J connectivity index is 1.69. The first kappa shape index (κ1) is 24.5. The molecule has 2 fully saturated rings. The average Bonchev–Trinajstić information content (AvgIpc) is 3.61. The van der Waals surface area contributed by atoms with Crippen molar-refractivity contribution in [1.82, 2.24) is 5.32 Å². The number of halogens is 4. The molecule has 1 N–H and O–H groups in total. The summed E-state index contributed by atoms with van der Waals surface area (Å²) >= 11 is 0. The number of alkyl halides is 4. The fourth-order valence-electron chi connectivity index (χ4n) is 5.69. The van der Waals surface area contributed by atoms with E-state index in [1.807, 2.05) is 0 Å². The van der Waals surface area contributed by atoms with Crippen molar-refractivity contribution in [2.45, 2.75) is 83.5 Å². The third-order valence-electron chi connectivity index (χ3n) is 7.71. The predicted molar refractivity (Wildman–Crippen MR) is 126 cm³/mol. The zero-order chi connectivity index (χ0) is 23.8. The highest BCUT2D eigenvalue weighted by Crippen LogP contribution is 2.52. The molecule has 0 aliphatic heterocycles. The molecule has 3 unspecified atom stereocenters. The molecule has 0 amide bonds. The molecule has 0 aromatic heterocycles. The lowest BCUT2D eigenvalue weighted by Gasteiger charge is -2.38. The molecule has 3 aliphatic carbocycles. The molecule has 5 heteroatoms. The lowest BCUT2D eigenvalue weighted by Crippen LogP contribution is -2.29. The summed E-state index contributed by atoms with van der Waals surface area (Å²) in [5, 5.41) is 3.51. The van der Waals surface area contributed by atoms with E-state index in [9.17, 15) is 13.2 Å². The van der Waals surface area contributed by atoms with Gasteiger partial charge in [-0.05, 0) is 123 Å². The minimum absolute atomic E-state index is 0.0246. The summed E-state index contributed by atoms with van der Waals surface area (Å²) in [4.78, 5) is 0. The number of hydrogen-bond acceptors (Lipinski definition) is 1. The van der Waals surface area contributed by atoms with Crippen LogP contribution in [0.25, 0.3) is 0 Å². The number of benzene rings is 1. The Morgan fingerprint density at radius 1 is 0.970 bits per heavy atom. The number of allylic oxidation sites excluding steroid dienone is 4. The standard InChI is InChI=1S/C28H37F4N/c1-18(2)17-33-13-12-26-24-7-5-4-6-19(24)8-11-25(26)20-14-22(27(3,29)21-9-10-21)16-23(15-20)28(30,31)32/h6-7,14-16,18,21,25-26,33H,4-5,8-13,17H2,1-3H3. The van der Waals surface area contributed by atoms with Crippen molar-refractivity contribution in [3.05, 3.63) is 58.2 Å². The van der Waals surface area contributed by atoms with Crippen molar-refractivity contribution in [2.75, 3.05) is 13.1 Å². The first-order valence-electron chi connectivity index (χ1n) is 12.6. The van der Waals surface area contributed by atoms with E-state index in [-0.39, 0.29) is 23.3 Å². The zero-order valence-electron chi connectivity index (χ0n) is 20.1. The van der Waals surface area contributed by atoms with Crippen LogP contribution in [0.1, 0.15) is 88.3 Å². The van der Waals surface area contributed by atoms with Gasteiger partial charge in [-0.25, -0.2) is 4.39 Å². The predicted octanol–water partition coefficient (Wildman–Crippen LogP) is 8.08. The van der Waals surface area contributed by atoms with Crippen LogP contribution >= 0.6 is 0 Å². The highest BCUT2D eigenvalue weighted by molar-refractivity contribution is 5.44. The van der Waals surface area contributed by atoms with Gasteiger partial charge in [0.05, 0.1) is 5.56 Å². The van der Waals surface area contributed by atoms with E-state index in [0.29, 0.717) is 11.5 Å². The summed E-state index contributed by atoms with van der Waals surface area (Å²) in [6.45, 7) is 7.55. The maximum Gasteiger partial charge on any atom is 0.416 e. The molecule has 33 heavy (non-hydrogen) atoms. The molecule has 0 radical (unpaired) electrons. The van der Waals surface area contributed by atoms with Crippen molar-refractivity contribution < 1.29 is 17.6 Å². The van der Waals surface area contributed by atoms with Crippen LogP contribution in [0.15, 0.2) is 41.5 Å². The van der Waals surface area contributed by atoms with E-state index in [4.69, 9.17) is 0 Å². The Bertz CT molecular complexity index is 905. The Morgan fingerprint density at radius 3 is 2.33 bits per heavy atom. The molecule has 182 valence electrons. The van der Waals surface area contributed by atoms with Crippen LogP contribution in [0.2, 0.25) is 0 Å². The molecule has 0 heterocycles. The van der Waals surface area contributed by atoms with Gasteiger partial charge in [0, 0.05) is 0 Å². The van der Waals surface area contributed by atoms with Crippen LogP contribution < -0.4 is 5.32 Å². The Kier molecular flexibility index (Phi) is 7.10. The van der Waals surface area contributed by atoms with Gasteiger partial charge < -0.3 is 5.32 Å². The number of nitrogens with one attached hydrogen (secondary N) is 1. The van der Waals surface area contributed by atoms with Crippen LogP contribution in [0, 0.1) is 17.8 Å². The van der Waals surface area contributed by atoms with E-state index in [1.165, 1.54) is 24.1 Å². The quantitative estimate of drug-likeness (QED) is 0.303. The van der Waals surface area contributed by atoms with Crippen LogP contribution in [0.3, 0.4) is 0 Å². The molecule has 1 aromatic rings. The zero-order valence-corrected chi connectivity index (χ0v) is 20.1. The first-order chi connectivity index (χ1) is 15.6. The second-order valence-electron chi connectivity index (χ2n) is 10.8. The third-order valence-corrected chi connectivity index (χ3v) is 7.71. The average molecular weight is 464 g/mol. The molecule has 0 spiro atoms. The molecular formula is C28H37F4N. The monoisotopic (exact) mass is 463 g/mol. The minimum atomic E-state index is -4.48. The van der Waals surface area contributed by atoms with Crippen molar-refractivity contribution in [1.29, 1.82) is 0 Å². The van der Waals surface area contributed by atoms with Crippen LogP contribution in [-0.4, -0.2) is 13.1 Å². The minimum Gasteiger partial charge on any atom is -0.316 e. The molecule has 0 bridgehead atoms. The van der Waals surface area contributed by atoms with Gasteiger partial charge in [-0.15, -0.1) is 0 Å². The summed E-state index contributed by atoms with van der Waals surface area (Å²) in [7, 11) is 0. The van der Waals surface area contributed by atoms with Gasteiger partial charge in [0.2, 0.25) is 0 Å². The van der Waals surface area contributed by atoms with Crippen molar-refractivity contribution in [2.24, 2.45) is 17.8 Å². The molecule has 3 aliphatic rings. The highest BCUT2D eigenvalue weighted by Gasteiger charge is 2.45. The van der Waals surface area contributed by atoms with Crippen LogP contribution in [0.4, 0.5) is 17.6 Å². The van der Waals surface area contributed by atoms with Gasteiger partial charge in [0.1, 0.15) is 5.67 Å². The van der Waals surface area contributed by atoms with Crippen molar-refractivity contribution in [3.63, 3.8) is 0 Å². The Morgan fingerprint density at radius 2 is 1.67 bits per heavy atom. The summed E-state index contributed by atoms with van der Waals surface area (Å²) in [5.74, 6) is 0.510. The molecule has 4 rings (SSSR count). The van der Waals surface area contributed by atoms with Gasteiger partial charge >= 0.3 is 6.18 Å². The summed E-state index contributed by atoms with van der Waals surface area (Å²) in [5.41, 5.74) is 1.11. The van der Waals surface area contributed by atoms with Crippen molar-refractivity contribution >= 4 is 0 Å². The van der Waals surface area contributed by atoms with E-state index in [0.717, 1.165) is 64.1 Å². The topological polar surface area (TPSA) is 12.0 Å². The molecule has 0 saturated heterocycles. The maximum absolute atomic E-state index is 15.6. The van der Waals surface area contributed by atoms with Gasteiger partial charge in [0.15, 0.2) is 0 Å². The Hall–Kier alpha value is -1.62. The molecule has 2 saturated carbocycles. The van der Waals surface area contributed by atoms with Gasteiger partial charge in [-0.1, -0.05) is 32.1 Å². The molecule has 1 aromatic carbocycles. The van der Waals surface area contributed by atoms with Gasteiger partial charge in [-0.3, -0.25) is 0 Å². The smallest absolute Gasteiger partial charge is 0.316 e. The van der Waals surface area contributed by atoms with E-state index in [2.05, 4.69) is 31.3 Å². The second-order valence-corrected chi connectivity index (χ2v) is 10.8. The molecular weight excluding hydrogens is 426 g/mol. The number of fused-ring (bicyclic) bond motifs is 1. The van der Waals surface area contributed by atoms with Gasteiger partial charge in [0.25, 0.3) is 0 Å². The fourth-order valence-corrected chi connectivity index (χ4v) is 5.69. The second kappa shape index (κ2) is 9.56. The normalized spacial score (nSPS) is 25.3. The van der Waals surface area contributed by atoms with Gasteiger partial charge in [-0.2, -0.15) is 13.2 Å².